The van der Waals surface area contributed by atoms with Crippen molar-refractivity contribution >= 4 is 7.59 Å². The molecule has 0 amide bonds. The molecule has 6 N–H and O–H groups in total. The van der Waals surface area contributed by atoms with Gasteiger partial charge in [0.05, 0.1) is 6.61 Å². The van der Waals surface area contributed by atoms with Gasteiger partial charge in [-0.25, -0.2) is 5.09 Å². The topological polar surface area (TPSA) is 101 Å². The van der Waals surface area contributed by atoms with Crippen molar-refractivity contribution in [3.63, 3.8) is 0 Å². The number of rotatable bonds is 3. The lowest BCUT2D eigenvalue weighted by atomic mass is 10.8. The molecule has 0 rings (SSSR count). The molecular formula is C2H10N3O2P. The smallest absolute Gasteiger partial charge is 0.273 e. The van der Waals surface area contributed by atoms with Crippen LogP contribution in [0, 0.1) is 0 Å². The van der Waals surface area contributed by atoms with Crippen molar-refractivity contribution in [3.8, 4) is 0 Å². The normalized spacial score (nSPS) is 11.9. The van der Waals surface area contributed by atoms with E-state index in [-0.39, 0.29) is 13.2 Å². The fourth-order valence-corrected chi connectivity index (χ4v) is 0.674. The minimum absolute atomic E-state index is 0.113. The molecule has 0 atom stereocenters. The van der Waals surface area contributed by atoms with Crippen LogP contribution in [0.1, 0.15) is 0 Å². The summed E-state index contributed by atoms with van der Waals surface area (Å²) in [7, 11) is -3.09. The molecule has 0 radical (unpaired) electrons. The van der Waals surface area contributed by atoms with E-state index in [2.05, 4.69) is 5.09 Å². The van der Waals surface area contributed by atoms with Gasteiger partial charge in [0.1, 0.15) is 0 Å². The predicted octanol–water partition coefficient (Wildman–Crippen LogP) is -1.41. The molecule has 0 unspecified atom stereocenters. The summed E-state index contributed by atoms with van der Waals surface area (Å²) in [5.41, 5.74) is 9.67. The lowest BCUT2D eigenvalue weighted by Gasteiger charge is -2.04. The highest BCUT2D eigenvalue weighted by Crippen LogP contribution is 2.15. The second kappa shape index (κ2) is 3.17. The molecule has 0 heterocycles. The minimum Gasteiger partial charge on any atom is -0.395 e. The van der Waals surface area contributed by atoms with Crippen molar-refractivity contribution in [2.75, 3.05) is 13.2 Å². The summed E-state index contributed by atoms with van der Waals surface area (Å²) in [4.78, 5) is 0. The zero-order chi connectivity index (χ0) is 6.62. The second-order valence-corrected chi connectivity index (χ2v) is 3.08. The van der Waals surface area contributed by atoms with E-state index in [4.69, 9.17) is 16.1 Å². The molecule has 0 saturated heterocycles. The lowest BCUT2D eigenvalue weighted by Crippen LogP contribution is -2.24. The van der Waals surface area contributed by atoms with Crippen molar-refractivity contribution in [3.05, 3.63) is 0 Å². The van der Waals surface area contributed by atoms with Crippen LogP contribution in [0.3, 0.4) is 0 Å². The number of nitrogens with two attached hydrogens (primary N) is 2. The Bertz CT molecular complexity index is 99.5. The summed E-state index contributed by atoms with van der Waals surface area (Å²) in [6.07, 6.45) is 0. The first kappa shape index (κ1) is 8.07. The monoisotopic (exact) mass is 139 g/mol. The van der Waals surface area contributed by atoms with E-state index < -0.39 is 7.59 Å². The zero-order valence-corrected chi connectivity index (χ0v) is 5.27. The summed E-state index contributed by atoms with van der Waals surface area (Å²) < 4.78 is 10.3. The Labute approximate surface area is 47.6 Å². The Morgan fingerprint density at radius 2 is 2.12 bits per heavy atom. The quantitative estimate of drug-likeness (QED) is 0.360. The molecule has 0 aromatic carbocycles. The van der Waals surface area contributed by atoms with E-state index in [9.17, 15) is 4.57 Å². The van der Waals surface area contributed by atoms with Gasteiger partial charge in [-0.1, -0.05) is 0 Å². The lowest BCUT2D eigenvalue weighted by molar-refractivity contribution is 0.301. The van der Waals surface area contributed by atoms with Crippen molar-refractivity contribution < 1.29 is 9.67 Å². The summed E-state index contributed by atoms with van der Waals surface area (Å²) in [5, 5.41) is 10.4. The summed E-state index contributed by atoms with van der Waals surface area (Å²) >= 11 is 0. The average Bonchev–Trinajstić information content (AvgIpc) is 1.59. The maximum atomic E-state index is 10.3. The Morgan fingerprint density at radius 3 is 2.25 bits per heavy atom. The van der Waals surface area contributed by atoms with E-state index in [0.717, 1.165) is 0 Å². The third-order valence-electron chi connectivity index (χ3n) is 0.471. The largest absolute Gasteiger partial charge is 0.395 e. The first-order valence-electron chi connectivity index (χ1n) is 2.09. The first-order valence-corrected chi connectivity index (χ1v) is 3.94. The number of hydrogen-bond donors (Lipinski definition) is 4. The van der Waals surface area contributed by atoms with Crippen LogP contribution in [-0.2, 0) is 4.57 Å². The molecule has 0 aliphatic carbocycles. The van der Waals surface area contributed by atoms with Gasteiger partial charge in [-0.05, 0) is 0 Å². The van der Waals surface area contributed by atoms with Crippen LogP contribution < -0.4 is 16.1 Å². The number of hydrogen-bond acceptors (Lipinski definition) is 2. The first-order chi connectivity index (χ1) is 3.56. The SMILES string of the molecule is NP(N)(=O)NCCO. The molecule has 6 heteroatoms. The molecule has 0 aliphatic heterocycles. The van der Waals surface area contributed by atoms with Gasteiger partial charge in [-0.15, -0.1) is 0 Å². The van der Waals surface area contributed by atoms with E-state index >= 15 is 0 Å². The average molecular weight is 139 g/mol. The summed E-state index contributed by atoms with van der Waals surface area (Å²) in [5.74, 6) is 0. The van der Waals surface area contributed by atoms with Crippen molar-refractivity contribution in [1.82, 2.24) is 5.09 Å². The Balaban J connectivity index is 3.26. The van der Waals surface area contributed by atoms with Gasteiger partial charge in [0.15, 0.2) is 0 Å². The molecule has 0 bridgehead atoms. The maximum absolute atomic E-state index is 10.3. The molecule has 5 nitrogen and oxygen atoms in total. The van der Waals surface area contributed by atoms with Crippen molar-refractivity contribution in [2.24, 2.45) is 11.0 Å². The molecule has 0 aromatic heterocycles. The van der Waals surface area contributed by atoms with Crippen LogP contribution in [0.4, 0.5) is 0 Å². The van der Waals surface area contributed by atoms with Gasteiger partial charge in [0.25, 0.3) is 7.59 Å². The summed E-state index contributed by atoms with van der Waals surface area (Å²) in [6.45, 7) is 0.0582. The molecule has 0 aromatic rings. The Kier molecular flexibility index (Phi) is 3.19. The second-order valence-electron chi connectivity index (χ2n) is 1.34. The van der Waals surface area contributed by atoms with Crippen molar-refractivity contribution in [1.29, 1.82) is 0 Å². The molecule has 8 heavy (non-hydrogen) atoms. The molecule has 0 saturated carbocycles. The highest BCUT2D eigenvalue weighted by atomic mass is 31.2. The van der Waals surface area contributed by atoms with Gasteiger partial charge in [-0.3, -0.25) is 15.6 Å². The number of aliphatic hydroxyl groups excluding tert-OH is 1. The van der Waals surface area contributed by atoms with Crippen LogP contribution in [0.2, 0.25) is 0 Å². The van der Waals surface area contributed by atoms with Gasteiger partial charge in [0, 0.05) is 6.54 Å². The van der Waals surface area contributed by atoms with Crippen LogP contribution >= 0.6 is 7.59 Å². The summed E-state index contributed by atoms with van der Waals surface area (Å²) in [6, 6.07) is 0. The predicted molar refractivity (Wildman–Crippen MR) is 31.1 cm³/mol. The van der Waals surface area contributed by atoms with E-state index in [1.807, 2.05) is 0 Å². The molecule has 0 fully saturated rings. The standard InChI is InChI=1S/C2H10N3O2P/c3-8(4,7)5-1-2-6/h6H,1-2H2,(H5,3,4,5,7). The van der Waals surface area contributed by atoms with E-state index in [0.29, 0.717) is 0 Å². The zero-order valence-electron chi connectivity index (χ0n) is 4.37. The molecule has 0 aliphatic rings. The third kappa shape index (κ3) is 6.07. The highest BCUT2D eigenvalue weighted by molar-refractivity contribution is 7.56. The highest BCUT2D eigenvalue weighted by Gasteiger charge is 2.03. The molecule has 50 valence electrons. The maximum Gasteiger partial charge on any atom is 0.273 e. The van der Waals surface area contributed by atoms with Crippen LogP contribution in [0.5, 0.6) is 0 Å². The van der Waals surface area contributed by atoms with Crippen LogP contribution in [-0.4, -0.2) is 18.3 Å². The van der Waals surface area contributed by atoms with Gasteiger partial charge < -0.3 is 5.11 Å². The van der Waals surface area contributed by atoms with Crippen molar-refractivity contribution in [2.45, 2.75) is 0 Å². The fraction of sp³-hybridized carbons (Fsp3) is 1.00. The minimum atomic E-state index is -3.09. The number of nitrogens with one attached hydrogen (secondary N) is 1. The van der Waals surface area contributed by atoms with Crippen LogP contribution in [0.15, 0.2) is 0 Å². The fourth-order valence-electron chi connectivity index (χ4n) is 0.225. The van der Waals surface area contributed by atoms with Gasteiger partial charge in [-0.2, -0.15) is 0 Å². The molecule has 0 spiro atoms. The third-order valence-corrected chi connectivity index (χ3v) is 1.19. The molecular weight excluding hydrogens is 129 g/mol. The van der Waals surface area contributed by atoms with Gasteiger partial charge in [0.2, 0.25) is 0 Å². The van der Waals surface area contributed by atoms with E-state index in [1.165, 1.54) is 0 Å². The number of aliphatic hydroxyl groups is 1. The van der Waals surface area contributed by atoms with E-state index in [1.54, 1.807) is 0 Å². The Morgan fingerprint density at radius 1 is 1.62 bits per heavy atom. The Hall–Kier alpha value is 0.0700. The van der Waals surface area contributed by atoms with Gasteiger partial charge >= 0.3 is 0 Å². The van der Waals surface area contributed by atoms with Crippen LogP contribution in [0.25, 0.3) is 0 Å².